The molecule has 25 heavy (non-hydrogen) atoms. The lowest BCUT2D eigenvalue weighted by atomic mass is 9.95. The Morgan fingerprint density at radius 1 is 1.20 bits per heavy atom. The van der Waals surface area contributed by atoms with Crippen LogP contribution in [-0.2, 0) is 4.79 Å². The maximum absolute atomic E-state index is 12.7. The molecule has 132 valence electrons. The number of thiazole rings is 1. The minimum atomic E-state index is -0.841. The molecule has 1 aliphatic rings. The van der Waals surface area contributed by atoms with Crippen LogP contribution in [0.25, 0.3) is 10.8 Å². The van der Waals surface area contributed by atoms with Gasteiger partial charge in [0.05, 0.1) is 11.6 Å². The highest BCUT2D eigenvalue weighted by atomic mass is 32.1. The van der Waals surface area contributed by atoms with Crippen molar-refractivity contribution in [2.24, 2.45) is 5.92 Å². The molecule has 2 heterocycles. The first-order valence-corrected chi connectivity index (χ1v) is 9.16. The molecule has 2 N–H and O–H groups in total. The van der Waals surface area contributed by atoms with E-state index < -0.39 is 11.9 Å². The predicted octanol–water partition coefficient (Wildman–Crippen LogP) is 2.67. The summed E-state index contributed by atoms with van der Waals surface area (Å²) in [6, 6.07) is 1.38. The third-order valence-corrected chi connectivity index (χ3v) is 5.56. The van der Waals surface area contributed by atoms with Crippen molar-refractivity contribution in [3.63, 3.8) is 0 Å². The normalized spacial score (nSPS) is 20.7. The number of rotatable bonds is 4. The molecule has 0 radical (unpaired) electrons. The molecule has 0 aliphatic heterocycles. The molecule has 3 rings (SSSR count). The highest BCUT2D eigenvalue weighted by Crippen LogP contribution is 2.27. The lowest BCUT2D eigenvalue weighted by Gasteiger charge is -2.22. The summed E-state index contributed by atoms with van der Waals surface area (Å²) in [4.78, 5) is 37.4. The van der Waals surface area contributed by atoms with E-state index >= 15 is 0 Å². The number of hydrogen-bond donors (Lipinski definition) is 2. The van der Waals surface area contributed by atoms with Crippen LogP contribution in [0.4, 0.5) is 0 Å². The fraction of sp³-hybridized carbons (Fsp3) is 0.471. The van der Waals surface area contributed by atoms with Crippen LogP contribution >= 0.6 is 11.3 Å². The van der Waals surface area contributed by atoms with Crippen LogP contribution in [0.1, 0.15) is 47.5 Å². The molecule has 2 aromatic heterocycles. The zero-order valence-corrected chi connectivity index (χ0v) is 14.8. The molecule has 2 aromatic rings. The summed E-state index contributed by atoms with van der Waals surface area (Å²) in [6.45, 7) is 1.76. The van der Waals surface area contributed by atoms with Gasteiger partial charge in [-0.15, -0.1) is 11.3 Å². The number of carboxylic acids is 1. The summed E-state index contributed by atoms with van der Waals surface area (Å²) in [6.07, 6.45) is 7.37. The average molecular weight is 360 g/mol. The van der Waals surface area contributed by atoms with Gasteiger partial charge < -0.3 is 10.4 Å². The van der Waals surface area contributed by atoms with Gasteiger partial charge >= 0.3 is 5.97 Å². The van der Waals surface area contributed by atoms with E-state index in [4.69, 9.17) is 0 Å². The number of hydrogen-bond acceptors (Lipinski definition) is 6. The fourth-order valence-electron chi connectivity index (χ4n) is 3.12. The minimum absolute atomic E-state index is 0.268. The Labute approximate surface area is 149 Å². The van der Waals surface area contributed by atoms with Crippen molar-refractivity contribution in [1.29, 1.82) is 0 Å². The first-order valence-electron chi connectivity index (χ1n) is 8.34. The Bertz CT molecular complexity index is 763. The summed E-state index contributed by atoms with van der Waals surface area (Å²) in [7, 11) is 0. The summed E-state index contributed by atoms with van der Waals surface area (Å²) >= 11 is 1.23. The second-order valence-electron chi connectivity index (χ2n) is 6.17. The van der Waals surface area contributed by atoms with Crippen molar-refractivity contribution in [3.05, 3.63) is 29.0 Å². The Hall–Kier alpha value is -2.35. The number of aryl methyl sites for hydroxylation is 1. The topological polar surface area (TPSA) is 105 Å². The number of aliphatic carboxylic acids is 1. The van der Waals surface area contributed by atoms with Crippen LogP contribution in [0.5, 0.6) is 0 Å². The number of carboxylic acid groups (broad SMARTS) is 1. The molecule has 2 atom stereocenters. The summed E-state index contributed by atoms with van der Waals surface area (Å²) in [5.74, 6) is -1.16. The van der Waals surface area contributed by atoms with Gasteiger partial charge in [-0.25, -0.2) is 15.0 Å². The number of amides is 1. The van der Waals surface area contributed by atoms with Gasteiger partial charge in [0, 0.05) is 18.4 Å². The van der Waals surface area contributed by atoms with Crippen molar-refractivity contribution in [2.45, 2.75) is 45.1 Å². The zero-order valence-electron chi connectivity index (χ0n) is 13.9. The van der Waals surface area contributed by atoms with Crippen molar-refractivity contribution < 1.29 is 14.7 Å². The van der Waals surface area contributed by atoms with Crippen LogP contribution in [0.15, 0.2) is 18.5 Å². The maximum atomic E-state index is 12.7. The van der Waals surface area contributed by atoms with Gasteiger partial charge in [-0.05, 0) is 25.8 Å². The standard InChI is InChI=1S/C17H20N4O3S/c1-10-13(25-16(20-10)14-18-8-5-9-19-14)15(22)21-12-7-4-2-3-6-11(12)17(23)24/h5,8-9,11-12H,2-4,6-7H2,1H3,(H,21,22)(H,23,24)/t11-,12-/m1/s1. The predicted molar refractivity (Wildman–Crippen MR) is 93.3 cm³/mol. The minimum Gasteiger partial charge on any atom is -0.481 e. The number of nitrogens with zero attached hydrogens (tertiary/aromatic N) is 3. The second-order valence-corrected chi connectivity index (χ2v) is 7.17. The van der Waals surface area contributed by atoms with Crippen molar-refractivity contribution in [2.75, 3.05) is 0 Å². The van der Waals surface area contributed by atoms with Crippen molar-refractivity contribution >= 4 is 23.2 Å². The average Bonchev–Trinajstić information content (AvgIpc) is 2.84. The maximum Gasteiger partial charge on any atom is 0.308 e. The van der Waals surface area contributed by atoms with E-state index in [1.807, 2.05) is 0 Å². The highest BCUT2D eigenvalue weighted by molar-refractivity contribution is 7.17. The van der Waals surface area contributed by atoms with Gasteiger partial charge in [-0.3, -0.25) is 9.59 Å². The third-order valence-electron chi connectivity index (χ3n) is 4.41. The van der Waals surface area contributed by atoms with Gasteiger partial charge in [-0.2, -0.15) is 0 Å². The van der Waals surface area contributed by atoms with Gasteiger partial charge in [0.2, 0.25) is 0 Å². The van der Waals surface area contributed by atoms with Crippen molar-refractivity contribution in [1.82, 2.24) is 20.3 Å². The summed E-state index contributed by atoms with van der Waals surface area (Å²) in [5.41, 5.74) is 0.602. The van der Waals surface area contributed by atoms with E-state index in [9.17, 15) is 14.7 Å². The van der Waals surface area contributed by atoms with E-state index in [0.29, 0.717) is 34.2 Å². The van der Waals surface area contributed by atoms with Crippen LogP contribution in [0.3, 0.4) is 0 Å². The van der Waals surface area contributed by atoms with E-state index in [-0.39, 0.29) is 11.9 Å². The lowest BCUT2D eigenvalue weighted by Crippen LogP contribution is -2.42. The Balaban J connectivity index is 1.78. The van der Waals surface area contributed by atoms with E-state index in [1.165, 1.54) is 11.3 Å². The molecule has 0 unspecified atom stereocenters. The van der Waals surface area contributed by atoms with E-state index in [0.717, 1.165) is 19.3 Å². The lowest BCUT2D eigenvalue weighted by molar-refractivity contribution is -0.142. The molecule has 8 heteroatoms. The van der Waals surface area contributed by atoms with Crippen LogP contribution in [0, 0.1) is 12.8 Å². The number of carbonyl (C=O) groups is 2. The van der Waals surface area contributed by atoms with Gasteiger partial charge in [-0.1, -0.05) is 19.3 Å². The number of aromatic nitrogens is 3. The Morgan fingerprint density at radius 2 is 1.92 bits per heavy atom. The third kappa shape index (κ3) is 4.01. The quantitative estimate of drug-likeness (QED) is 0.812. The zero-order chi connectivity index (χ0) is 17.8. The monoisotopic (exact) mass is 360 g/mol. The van der Waals surface area contributed by atoms with Gasteiger partial charge in [0.1, 0.15) is 4.88 Å². The molecular formula is C17H20N4O3S. The molecule has 7 nitrogen and oxygen atoms in total. The molecule has 0 aromatic carbocycles. The fourth-order valence-corrected chi connectivity index (χ4v) is 4.04. The molecule has 0 spiro atoms. The Morgan fingerprint density at radius 3 is 2.64 bits per heavy atom. The van der Waals surface area contributed by atoms with Crippen LogP contribution in [-0.4, -0.2) is 38.0 Å². The molecule has 0 bridgehead atoms. The largest absolute Gasteiger partial charge is 0.481 e. The first kappa shape index (κ1) is 17.5. The number of carbonyl (C=O) groups excluding carboxylic acids is 1. The molecule has 1 aliphatic carbocycles. The SMILES string of the molecule is Cc1nc(-c2ncccn2)sc1C(=O)N[C@@H]1CCCCC[C@H]1C(=O)O. The van der Waals surface area contributed by atoms with Crippen LogP contribution < -0.4 is 5.32 Å². The van der Waals surface area contributed by atoms with Crippen molar-refractivity contribution in [3.8, 4) is 10.8 Å². The number of nitrogens with one attached hydrogen (secondary N) is 1. The van der Waals surface area contributed by atoms with Gasteiger partial charge in [0.25, 0.3) is 5.91 Å². The molecule has 1 fully saturated rings. The van der Waals surface area contributed by atoms with Crippen LogP contribution in [0.2, 0.25) is 0 Å². The van der Waals surface area contributed by atoms with Gasteiger partial charge in [0.15, 0.2) is 10.8 Å². The molecule has 1 amide bonds. The second kappa shape index (κ2) is 7.69. The molecular weight excluding hydrogens is 340 g/mol. The summed E-state index contributed by atoms with van der Waals surface area (Å²) in [5, 5.41) is 13.0. The first-order chi connectivity index (χ1) is 12.1. The molecule has 0 saturated heterocycles. The highest BCUT2D eigenvalue weighted by Gasteiger charge is 2.31. The summed E-state index contributed by atoms with van der Waals surface area (Å²) < 4.78 is 0. The Kier molecular flexibility index (Phi) is 5.37. The van der Waals surface area contributed by atoms with E-state index in [1.54, 1.807) is 25.4 Å². The molecule has 1 saturated carbocycles. The smallest absolute Gasteiger partial charge is 0.308 e. The van der Waals surface area contributed by atoms with E-state index in [2.05, 4.69) is 20.3 Å².